The Balaban J connectivity index is 1.78. The second-order valence-electron chi connectivity index (χ2n) is 7.52. The average molecular weight is 385 g/mol. The second-order valence-corrected chi connectivity index (χ2v) is 7.88. The fourth-order valence-corrected chi connectivity index (χ4v) is 4.17. The number of amides is 1. The molecular formula is C21H25ClN4O. The summed E-state index contributed by atoms with van der Waals surface area (Å²) in [6, 6.07) is 9.61. The lowest BCUT2D eigenvalue weighted by atomic mass is 9.79. The quantitative estimate of drug-likeness (QED) is 0.475. The van der Waals surface area contributed by atoms with Gasteiger partial charge in [-0.05, 0) is 68.5 Å². The number of nitrogens with one attached hydrogen (secondary N) is 1. The molecule has 0 radical (unpaired) electrons. The maximum absolute atomic E-state index is 12.1. The maximum atomic E-state index is 12.1. The molecule has 0 aliphatic carbocycles. The lowest BCUT2D eigenvalue weighted by Crippen LogP contribution is -2.48. The van der Waals surface area contributed by atoms with Crippen molar-refractivity contribution in [2.75, 3.05) is 11.4 Å². The topological polar surface area (TPSA) is 57.6 Å². The molecule has 0 spiro atoms. The number of pyridine rings is 1. The summed E-state index contributed by atoms with van der Waals surface area (Å²) >= 11 is 5.93. The van der Waals surface area contributed by atoms with Gasteiger partial charge in [-0.2, -0.15) is 5.10 Å². The Morgan fingerprint density at radius 1 is 1.44 bits per heavy atom. The van der Waals surface area contributed by atoms with E-state index in [1.165, 1.54) is 17.4 Å². The first kappa shape index (κ1) is 19.4. The van der Waals surface area contributed by atoms with Crippen LogP contribution in [0.4, 0.5) is 5.69 Å². The summed E-state index contributed by atoms with van der Waals surface area (Å²) in [7, 11) is 0. The number of hydrogen-bond acceptors (Lipinski definition) is 4. The Kier molecular flexibility index (Phi) is 5.51. The predicted octanol–water partition coefficient (Wildman–Crippen LogP) is 4.61. The number of nitrogens with zero attached hydrogens (tertiary/aromatic N) is 3. The van der Waals surface area contributed by atoms with Gasteiger partial charge in [0, 0.05) is 24.0 Å². The van der Waals surface area contributed by atoms with Crippen LogP contribution >= 0.6 is 11.6 Å². The highest BCUT2D eigenvalue weighted by Crippen LogP contribution is 2.43. The Morgan fingerprint density at radius 3 is 2.93 bits per heavy atom. The molecule has 1 aromatic carbocycles. The molecule has 1 N–H and O–H groups in total. The van der Waals surface area contributed by atoms with Crippen molar-refractivity contribution in [2.24, 2.45) is 5.10 Å². The summed E-state index contributed by atoms with van der Waals surface area (Å²) in [5.74, 6) is 0.0875. The van der Waals surface area contributed by atoms with E-state index in [9.17, 15) is 4.79 Å². The van der Waals surface area contributed by atoms with Gasteiger partial charge >= 0.3 is 0 Å². The lowest BCUT2D eigenvalue weighted by Gasteiger charge is -2.47. The summed E-state index contributed by atoms with van der Waals surface area (Å²) < 4.78 is 0. The van der Waals surface area contributed by atoms with Crippen LogP contribution in [0.15, 0.2) is 41.6 Å². The number of aromatic nitrogens is 1. The van der Waals surface area contributed by atoms with Gasteiger partial charge < -0.3 is 4.90 Å². The molecule has 3 rings (SSSR count). The third-order valence-electron chi connectivity index (χ3n) is 5.11. The molecule has 1 amide bonds. The van der Waals surface area contributed by atoms with Crippen molar-refractivity contribution in [3.05, 3.63) is 58.4 Å². The fraction of sp³-hybridized carbons (Fsp3) is 0.381. The van der Waals surface area contributed by atoms with Gasteiger partial charge in [-0.3, -0.25) is 4.79 Å². The van der Waals surface area contributed by atoms with Crippen molar-refractivity contribution in [3.8, 4) is 0 Å². The van der Waals surface area contributed by atoms with Crippen molar-refractivity contribution in [3.63, 3.8) is 0 Å². The van der Waals surface area contributed by atoms with E-state index in [1.807, 2.05) is 6.07 Å². The predicted molar refractivity (Wildman–Crippen MR) is 111 cm³/mol. The lowest BCUT2D eigenvalue weighted by molar-refractivity contribution is 0.0955. The molecule has 1 atom stereocenters. The van der Waals surface area contributed by atoms with Crippen LogP contribution in [-0.4, -0.2) is 29.2 Å². The molecule has 2 heterocycles. The number of rotatable bonds is 4. The van der Waals surface area contributed by atoms with E-state index >= 15 is 0 Å². The summed E-state index contributed by atoms with van der Waals surface area (Å²) in [5.41, 5.74) is 6.51. The highest BCUT2D eigenvalue weighted by molar-refractivity contribution is 6.32. The van der Waals surface area contributed by atoms with Crippen molar-refractivity contribution in [2.45, 2.75) is 45.6 Å². The van der Waals surface area contributed by atoms with Crippen LogP contribution in [0.25, 0.3) is 0 Å². The standard InChI is InChI=1S/C21H25ClN4O/c1-5-26-18-9-8-15(11-17(18)14(2)12-21(26,3)4)13-24-25-20(27)16-7-6-10-23-19(16)22/h6-11,13-14H,5,12H2,1-4H3,(H,25,27)/b24-13-. The fourth-order valence-electron chi connectivity index (χ4n) is 3.97. The summed E-state index contributed by atoms with van der Waals surface area (Å²) in [5, 5.41) is 4.24. The SMILES string of the molecule is CCN1c2ccc(/C=N\NC(=O)c3cccnc3Cl)cc2C(C)CC1(C)C. The van der Waals surface area contributed by atoms with Gasteiger partial charge in [0.25, 0.3) is 5.91 Å². The van der Waals surface area contributed by atoms with Crippen LogP contribution in [0.3, 0.4) is 0 Å². The van der Waals surface area contributed by atoms with Crippen LogP contribution in [0.5, 0.6) is 0 Å². The van der Waals surface area contributed by atoms with Crippen molar-refractivity contribution in [1.82, 2.24) is 10.4 Å². The van der Waals surface area contributed by atoms with Gasteiger partial charge in [-0.25, -0.2) is 10.4 Å². The monoisotopic (exact) mass is 384 g/mol. The molecule has 1 aliphatic rings. The molecule has 1 aromatic heterocycles. The second kappa shape index (κ2) is 7.69. The maximum Gasteiger partial charge on any atom is 0.274 e. The highest BCUT2D eigenvalue weighted by Gasteiger charge is 2.35. The largest absolute Gasteiger partial charge is 0.366 e. The van der Waals surface area contributed by atoms with E-state index in [0.717, 1.165) is 18.5 Å². The molecule has 0 bridgehead atoms. The van der Waals surface area contributed by atoms with Crippen molar-refractivity contribution >= 4 is 29.4 Å². The average Bonchev–Trinajstić information content (AvgIpc) is 2.62. The van der Waals surface area contributed by atoms with E-state index in [2.05, 4.69) is 60.2 Å². The molecule has 0 saturated heterocycles. The van der Waals surface area contributed by atoms with E-state index in [0.29, 0.717) is 11.5 Å². The molecule has 5 nitrogen and oxygen atoms in total. The number of benzene rings is 1. The molecule has 142 valence electrons. The summed E-state index contributed by atoms with van der Waals surface area (Å²) in [6.07, 6.45) is 4.30. The van der Waals surface area contributed by atoms with Crippen LogP contribution < -0.4 is 10.3 Å². The molecule has 1 unspecified atom stereocenters. The Morgan fingerprint density at radius 2 is 2.22 bits per heavy atom. The Bertz CT molecular complexity index is 878. The summed E-state index contributed by atoms with van der Waals surface area (Å²) in [6.45, 7) is 10.0. The third-order valence-corrected chi connectivity index (χ3v) is 5.41. The molecular weight excluding hydrogens is 360 g/mol. The number of carbonyl (C=O) groups excluding carboxylic acids is 1. The minimum Gasteiger partial charge on any atom is -0.366 e. The van der Waals surface area contributed by atoms with Gasteiger partial charge in [0.15, 0.2) is 0 Å². The zero-order chi connectivity index (χ0) is 19.6. The van der Waals surface area contributed by atoms with Crippen molar-refractivity contribution in [1.29, 1.82) is 0 Å². The first-order chi connectivity index (χ1) is 12.8. The van der Waals surface area contributed by atoms with Crippen LogP contribution in [0.2, 0.25) is 5.15 Å². The first-order valence-electron chi connectivity index (χ1n) is 9.19. The van der Waals surface area contributed by atoms with E-state index in [4.69, 9.17) is 11.6 Å². The number of hydrogen-bond donors (Lipinski definition) is 1. The molecule has 6 heteroatoms. The van der Waals surface area contributed by atoms with Gasteiger partial charge in [0.05, 0.1) is 11.8 Å². The summed E-state index contributed by atoms with van der Waals surface area (Å²) in [4.78, 5) is 18.5. The van der Waals surface area contributed by atoms with Gasteiger partial charge in [0.1, 0.15) is 5.15 Å². The number of hydrazone groups is 1. The molecule has 0 fully saturated rings. The number of halogens is 1. The van der Waals surface area contributed by atoms with E-state index < -0.39 is 0 Å². The molecule has 0 saturated carbocycles. The zero-order valence-electron chi connectivity index (χ0n) is 16.2. The normalized spacial score (nSPS) is 18.4. The molecule has 1 aliphatic heterocycles. The van der Waals surface area contributed by atoms with E-state index in [-0.39, 0.29) is 16.6 Å². The smallest absolute Gasteiger partial charge is 0.274 e. The first-order valence-corrected chi connectivity index (χ1v) is 9.57. The minimum absolute atomic E-state index is 0.147. The number of anilines is 1. The number of carbonyl (C=O) groups is 1. The molecule has 27 heavy (non-hydrogen) atoms. The van der Waals surface area contributed by atoms with Crippen LogP contribution in [0, 0.1) is 0 Å². The third kappa shape index (κ3) is 3.98. The van der Waals surface area contributed by atoms with E-state index in [1.54, 1.807) is 18.3 Å². The molecule has 2 aromatic rings. The minimum atomic E-state index is -0.380. The van der Waals surface area contributed by atoms with Gasteiger partial charge in [0.2, 0.25) is 0 Å². The number of fused-ring (bicyclic) bond motifs is 1. The Labute approximate surface area is 165 Å². The van der Waals surface area contributed by atoms with Gasteiger partial charge in [-0.1, -0.05) is 24.6 Å². The van der Waals surface area contributed by atoms with Crippen molar-refractivity contribution < 1.29 is 4.79 Å². The Hall–Kier alpha value is -2.40. The van der Waals surface area contributed by atoms with Crippen LogP contribution in [-0.2, 0) is 0 Å². The van der Waals surface area contributed by atoms with Crippen LogP contribution in [0.1, 0.15) is 61.5 Å². The zero-order valence-corrected chi connectivity index (χ0v) is 16.9. The highest BCUT2D eigenvalue weighted by atomic mass is 35.5. The van der Waals surface area contributed by atoms with Gasteiger partial charge in [-0.15, -0.1) is 0 Å².